The van der Waals surface area contributed by atoms with Crippen molar-refractivity contribution in [3.63, 3.8) is 0 Å². The molecule has 0 saturated carbocycles. The summed E-state index contributed by atoms with van der Waals surface area (Å²) in [5, 5.41) is 12.2. The average Bonchev–Trinajstić information content (AvgIpc) is 2.81. The fraction of sp³-hybridized carbons (Fsp3) is 0.217. The largest absolute Gasteiger partial charge is 0.502 e. The average molecular weight is 439 g/mol. The van der Waals surface area contributed by atoms with Crippen LogP contribution in [0.15, 0.2) is 65.6 Å². The lowest BCUT2D eigenvalue weighted by Gasteiger charge is -2.51. The summed E-state index contributed by atoms with van der Waals surface area (Å²) in [6.07, 6.45) is 0.792. The molecule has 2 aromatic carbocycles. The number of carbonyl (C=O) groups is 1. The molecule has 0 aliphatic carbocycles. The normalized spacial score (nSPS) is 18.8. The van der Waals surface area contributed by atoms with Crippen molar-refractivity contribution in [2.45, 2.75) is 12.2 Å². The Bertz CT molecular complexity index is 1250. The quantitative estimate of drug-likeness (QED) is 0.678. The lowest BCUT2D eigenvalue weighted by molar-refractivity contribution is -0.0197. The number of benzene rings is 2. The number of amides is 1. The van der Waals surface area contributed by atoms with Crippen LogP contribution in [-0.4, -0.2) is 46.5 Å². The van der Waals surface area contributed by atoms with E-state index in [9.17, 15) is 23.5 Å². The van der Waals surface area contributed by atoms with E-state index in [1.54, 1.807) is 5.01 Å². The molecule has 3 heterocycles. The Kier molecular flexibility index (Phi) is 4.90. The summed E-state index contributed by atoms with van der Waals surface area (Å²) >= 11 is 0. The minimum Gasteiger partial charge on any atom is -0.502 e. The summed E-state index contributed by atoms with van der Waals surface area (Å²) < 4.78 is 35.0. The molecule has 5 rings (SSSR count). The van der Waals surface area contributed by atoms with Crippen LogP contribution in [0.3, 0.4) is 0 Å². The fourth-order valence-corrected chi connectivity index (χ4v) is 4.35. The molecule has 0 spiro atoms. The van der Waals surface area contributed by atoms with Crippen LogP contribution in [0.25, 0.3) is 0 Å². The van der Waals surface area contributed by atoms with Gasteiger partial charge in [-0.1, -0.05) is 36.4 Å². The Morgan fingerprint density at radius 2 is 1.78 bits per heavy atom. The van der Waals surface area contributed by atoms with E-state index in [2.05, 4.69) is 0 Å². The molecule has 32 heavy (non-hydrogen) atoms. The zero-order valence-electron chi connectivity index (χ0n) is 16.8. The van der Waals surface area contributed by atoms with Crippen LogP contribution < -0.4 is 10.4 Å². The topological polar surface area (TPSA) is 75.0 Å². The van der Waals surface area contributed by atoms with Crippen molar-refractivity contribution in [1.29, 1.82) is 0 Å². The Labute approximate surface area is 181 Å². The van der Waals surface area contributed by atoms with Gasteiger partial charge in [0, 0.05) is 18.8 Å². The number of ether oxygens (including phenoxy) is 1. The van der Waals surface area contributed by atoms with E-state index in [-0.39, 0.29) is 18.8 Å². The number of halogens is 2. The third-order valence-corrected chi connectivity index (χ3v) is 5.81. The third-order valence-electron chi connectivity index (χ3n) is 5.81. The number of pyridine rings is 1. The molecule has 2 aliphatic heterocycles. The van der Waals surface area contributed by atoms with Crippen molar-refractivity contribution in [1.82, 2.24) is 9.58 Å². The first kappa shape index (κ1) is 20.2. The number of carbonyl (C=O) groups excluding carboxylic acids is 1. The highest BCUT2D eigenvalue weighted by molar-refractivity contribution is 5.96. The first-order valence-electron chi connectivity index (χ1n) is 10.1. The predicted octanol–water partition coefficient (Wildman–Crippen LogP) is 2.37. The molecule has 1 N–H and O–H groups in total. The lowest BCUT2D eigenvalue weighted by Crippen LogP contribution is -2.66. The van der Waals surface area contributed by atoms with E-state index < -0.39 is 40.9 Å². The van der Waals surface area contributed by atoms with Crippen molar-refractivity contribution in [3.05, 3.63) is 99.5 Å². The maximum absolute atomic E-state index is 14.3. The highest BCUT2D eigenvalue weighted by atomic mass is 19.2. The molecule has 0 radical (unpaired) electrons. The van der Waals surface area contributed by atoms with Gasteiger partial charge in [0.2, 0.25) is 5.43 Å². The molecule has 2 aliphatic rings. The number of nitrogens with zero attached hydrogens (tertiary/aromatic N) is 3. The molecular formula is C23H19F2N3O4. The minimum absolute atomic E-state index is 0.158. The lowest BCUT2D eigenvalue weighted by atomic mass is 9.96. The van der Waals surface area contributed by atoms with E-state index in [4.69, 9.17) is 4.74 Å². The van der Waals surface area contributed by atoms with E-state index in [0.717, 1.165) is 23.8 Å². The molecular weight excluding hydrogens is 420 g/mol. The Hall–Kier alpha value is -3.72. The first-order chi connectivity index (χ1) is 15.5. The molecule has 1 fully saturated rings. The molecule has 2 atom stereocenters. The van der Waals surface area contributed by atoms with Gasteiger partial charge in [-0.15, -0.1) is 0 Å². The van der Waals surface area contributed by atoms with E-state index in [1.807, 2.05) is 30.3 Å². The number of fused-ring (bicyclic) bond motifs is 2. The molecule has 1 unspecified atom stereocenters. The maximum Gasteiger partial charge on any atom is 0.278 e. The highest BCUT2D eigenvalue weighted by Crippen LogP contribution is 2.36. The zero-order valence-corrected chi connectivity index (χ0v) is 16.8. The summed E-state index contributed by atoms with van der Waals surface area (Å²) in [5.74, 6) is -3.14. The van der Waals surface area contributed by atoms with Crippen LogP contribution in [-0.2, 0) is 4.74 Å². The fourth-order valence-electron chi connectivity index (χ4n) is 4.35. The van der Waals surface area contributed by atoms with Gasteiger partial charge in [0.15, 0.2) is 23.1 Å². The smallest absolute Gasteiger partial charge is 0.278 e. The van der Waals surface area contributed by atoms with Crippen molar-refractivity contribution < 1.29 is 23.4 Å². The van der Waals surface area contributed by atoms with E-state index in [1.165, 1.54) is 21.8 Å². The van der Waals surface area contributed by atoms with Gasteiger partial charge in [-0.25, -0.2) is 8.78 Å². The van der Waals surface area contributed by atoms with E-state index >= 15 is 0 Å². The monoisotopic (exact) mass is 439 g/mol. The van der Waals surface area contributed by atoms with Crippen LogP contribution in [0.1, 0.15) is 27.7 Å². The Morgan fingerprint density at radius 3 is 2.53 bits per heavy atom. The second-order valence-electron chi connectivity index (χ2n) is 7.64. The summed E-state index contributed by atoms with van der Waals surface area (Å²) in [6, 6.07) is 13.2. The standard InChI is InChI=1S/C23H19F2N3O4/c24-16-7-6-15(12-17(16)25)20(14-4-2-1-3-5-14)28-19-13-32-11-10-26(19)23(31)21-22(30)18(29)8-9-27(21)28/h1-9,12,19-20,30H,10-11,13H2/t19-,20?/m1/s1. The maximum atomic E-state index is 14.3. The van der Waals surface area contributed by atoms with Gasteiger partial charge in [-0.3, -0.25) is 19.3 Å². The second kappa shape index (κ2) is 7.76. The number of aromatic nitrogens is 1. The zero-order chi connectivity index (χ0) is 22.4. The summed E-state index contributed by atoms with van der Waals surface area (Å²) in [6.45, 7) is 0.710. The summed E-state index contributed by atoms with van der Waals surface area (Å²) in [5.41, 5.74) is 0.307. The Balaban J connectivity index is 1.78. The summed E-state index contributed by atoms with van der Waals surface area (Å²) in [4.78, 5) is 26.8. The number of aromatic hydroxyl groups is 1. The van der Waals surface area contributed by atoms with Gasteiger partial charge >= 0.3 is 0 Å². The third kappa shape index (κ3) is 3.13. The molecule has 0 bridgehead atoms. The molecule has 164 valence electrons. The summed E-state index contributed by atoms with van der Waals surface area (Å²) in [7, 11) is 0. The van der Waals surface area contributed by atoms with Crippen molar-refractivity contribution in [2.75, 3.05) is 24.8 Å². The van der Waals surface area contributed by atoms with Crippen LogP contribution in [0.4, 0.5) is 8.78 Å². The van der Waals surface area contributed by atoms with E-state index in [0.29, 0.717) is 12.2 Å². The number of hydrogen-bond acceptors (Lipinski definition) is 5. The van der Waals surface area contributed by atoms with Gasteiger partial charge in [0.1, 0.15) is 6.17 Å². The molecule has 1 saturated heterocycles. The van der Waals surface area contributed by atoms with Gasteiger partial charge in [0.05, 0.1) is 19.3 Å². The van der Waals surface area contributed by atoms with Gasteiger partial charge in [-0.2, -0.15) is 0 Å². The van der Waals surface area contributed by atoms with Gasteiger partial charge in [0.25, 0.3) is 5.91 Å². The molecule has 1 aromatic heterocycles. The van der Waals surface area contributed by atoms with Crippen molar-refractivity contribution in [2.24, 2.45) is 0 Å². The molecule has 1 amide bonds. The predicted molar refractivity (Wildman–Crippen MR) is 111 cm³/mol. The number of rotatable bonds is 3. The van der Waals surface area contributed by atoms with Gasteiger partial charge < -0.3 is 14.7 Å². The first-order valence-corrected chi connectivity index (χ1v) is 10.1. The van der Waals surface area contributed by atoms with Crippen LogP contribution >= 0.6 is 0 Å². The molecule has 9 heteroatoms. The van der Waals surface area contributed by atoms with Crippen molar-refractivity contribution >= 4 is 5.91 Å². The minimum atomic E-state index is -1.00. The molecule has 3 aromatic rings. The SMILES string of the molecule is O=C1c2c(O)c(=O)ccn2N(C(c2ccccc2)c2ccc(F)c(F)c2)[C@@H]2COCCN12. The Morgan fingerprint density at radius 1 is 1.00 bits per heavy atom. The number of hydrogen-bond donors (Lipinski definition) is 1. The van der Waals surface area contributed by atoms with Crippen molar-refractivity contribution in [3.8, 4) is 5.75 Å². The highest BCUT2D eigenvalue weighted by Gasteiger charge is 2.44. The van der Waals surface area contributed by atoms with Crippen LogP contribution in [0.2, 0.25) is 0 Å². The van der Waals surface area contributed by atoms with Crippen LogP contribution in [0, 0.1) is 11.6 Å². The molecule has 7 nitrogen and oxygen atoms in total. The second-order valence-corrected chi connectivity index (χ2v) is 7.64. The van der Waals surface area contributed by atoms with Crippen LogP contribution in [0.5, 0.6) is 5.75 Å². The van der Waals surface area contributed by atoms with Gasteiger partial charge in [-0.05, 0) is 23.3 Å². The number of morpholine rings is 1.